The number of aromatic nitrogens is 2. The maximum atomic E-state index is 12.5. The Kier molecular flexibility index (Phi) is 5.62. The van der Waals surface area contributed by atoms with Crippen LogP contribution in [-0.4, -0.2) is 9.55 Å². The summed E-state index contributed by atoms with van der Waals surface area (Å²) >= 11 is 5.65. The third-order valence-electron chi connectivity index (χ3n) is 2.53. The predicted octanol–water partition coefficient (Wildman–Crippen LogP) is 4.87. The number of alkyl halides is 4. The van der Waals surface area contributed by atoms with Crippen LogP contribution in [0.25, 0.3) is 11.4 Å². The van der Waals surface area contributed by atoms with E-state index >= 15 is 0 Å². The Morgan fingerprint density at radius 1 is 1.15 bits per heavy atom. The van der Waals surface area contributed by atoms with Crippen LogP contribution in [0.4, 0.5) is 13.2 Å². The average molecular weight is 305 g/mol. The highest BCUT2D eigenvalue weighted by Gasteiger charge is 2.34. The molecule has 0 fully saturated rings. The molecule has 2 rings (SSSR count). The van der Waals surface area contributed by atoms with Crippen molar-refractivity contribution in [2.24, 2.45) is 7.05 Å². The lowest BCUT2D eigenvalue weighted by molar-refractivity contribution is -0.140. The zero-order valence-corrected chi connectivity index (χ0v) is 12.3. The summed E-state index contributed by atoms with van der Waals surface area (Å²) in [4.78, 5) is 3.61. The average Bonchev–Trinajstić information content (AvgIpc) is 2.83. The molecule has 0 bridgehead atoms. The van der Waals surface area contributed by atoms with Crippen LogP contribution in [0.15, 0.2) is 30.5 Å². The summed E-state index contributed by atoms with van der Waals surface area (Å²) < 4.78 is 38.9. The Hall–Kier alpha value is -1.49. The molecule has 20 heavy (non-hydrogen) atoms. The highest BCUT2D eigenvalue weighted by Crippen LogP contribution is 2.30. The molecule has 1 aromatic heterocycles. The van der Waals surface area contributed by atoms with Crippen LogP contribution in [0.3, 0.4) is 0 Å². The zero-order valence-electron chi connectivity index (χ0n) is 11.5. The van der Waals surface area contributed by atoms with E-state index in [1.165, 1.54) is 11.6 Å². The van der Waals surface area contributed by atoms with Gasteiger partial charge in [0.15, 0.2) is 5.69 Å². The number of benzene rings is 1. The zero-order chi connectivity index (χ0) is 15.3. The van der Waals surface area contributed by atoms with Crippen LogP contribution in [0.2, 0.25) is 0 Å². The standard InChI is InChI=1S/C12H10ClF3N2.C2H6/c1-18-7-10(12(14,15)16)17-11(18)9-4-2-8(6-13)3-5-9;1-2/h2-5,7H,6H2,1H3;1-2H3. The molecule has 0 radical (unpaired) electrons. The van der Waals surface area contributed by atoms with E-state index < -0.39 is 11.9 Å². The molecule has 2 nitrogen and oxygen atoms in total. The Balaban J connectivity index is 0.000000956. The molecule has 0 N–H and O–H groups in total. The van der Waals surface area contributed by atoms with Crippen LogP contribution in [-0.2, 0) is 19.1 Å². The van der Waals surface area contributed by atoms with Gasteiger partial charge in [0, 0.05) is 24.7 Å². The molecule has 2 aromatic rings. The molecule has 0 amide bonds. The van der Waals surface area contributed by atoms with Gasteiger partial charge in [-0.1, -0.05) is 38.1 Å². The third-order valence-corrected chi connectivity index (χ3v) is 2.84. The van der Waals surface area contributed by atoms with E-state index in [9.17, 15) is 13.2 Å². The molecule has 1 aromatic carbocycles. The molecule has 6 heteroatoms. The van der Waals surface area contributed by atoms with E-state index in [1.54, 1.807) is 24.3 Å². The topological polar surface area (TPSA) is 17.8 Å². The van der Waals surface area contributed by atoms with E-state index in [1.807, 2.05) is 13.8 Å². The number of hydrogen-bond donors (Lipinski definition) is 0. The van der Waals surface area contributed by atoms with Gasteiger partial charge in [-0.2, -0.15) is 13.2 Å². The van der Waals surface area contributed by atoms with Gasteiger partial charge in [0.05, 0.1) is 0 Å². The molecule has 0 atom stereocenters. The molecule has 0 aliphatic carbocycles. The van der Waals surface area contributed by atoms with Gasteiger partial charge in [0.25, 0.3) is 0 Å². The van der Waals surface area contributed by atoms with Gasteiger partial charge in [0.2, 0.25) is 0 Å². The number of halogens is 4. The number of nitrogens with zero attached hydrogens (tertiary/aromatic N) is 2. The summed E-state index contributed by atoms with van der Waals surface area (Å²) in [6.07, 6.45) is -3.45. The van der Waals surface area contributed by atoms with Gasteiger partial charge in [-0.05, 0) is 5.56 Å². The van der Waals surface area contributed by atoms with Crippen molar-refractivity contribution in [3.63, 3.8) is 0 Å². The van der Waals surface area contributed by atoms with Crippen LogP contribution in [0.5, 0.6) is 0 Å². The second-order valence-corrected chi connectivity index (χ2v) is 4.16. The Morgan fingerprint density at radius 2 is 1.70 bits per heavy atom. The first kappa shape index (κ1) is 16.6. The molecular weight excluding hydrogens is 289 g/mol. The molecule has 0 aliphatic heterocycles. The van der Waals surface area contributed by atoms with Crippen molar-refractivity contribution in [3.8, 4) is 11.4 Å². The molecule has 0 unspecified atom stereocenters. The second kappa shape index (κ2) is 6.79. The lowest BCUT2D eigenvalue weighted by atomic mass is 10.1. The Morgan fingerprint density at radius 3 is 2.10 bits per heavy atom. The van der Waals surface area contributed by atoms with Crippen molar-refractivity contribution < 1.29 is 13.2 Å². The Labute approximate surface area is 121 Å². The minimum atomic E-state index is -4.42. The summed E-state index contributed by atoms with van der Waals surface area (Å²) in [5.74, 6) is 0.651. The predicted molar refractivity (Wildman–Crippen MR) is 74.6 cm³/mol. The Bertz CT molecular complexity index is 545. The fraction of sp³-hybridized carbons (Fsp3) is 0.357. The number of hydrogen-bond acceptors (Lipinski definition) is 1. The largest absolute Gasteiger partial charge is 0.434 e. The first-order chi connectivity index (χ1) is 9.41. The number of rotatable bonds is 2. The molecule has 1 heterocycles. The van der Waals surface area contributed by atoms with Crippen molar-refractivity contribution in [2.75, 3.05) is 0 Å². The van der Waals surface area contributed by atoms with Gasteiger partial charge in [-0.15, -0.1) is 11.6 Å². The maximum Gasteiger partial charge on any atom is 0.434 e. The van der Waals surface area contributed by atoms with Crippen LogP contribution in [0, 0.1) is 0 Å². The summed E-state index contributed by atoms with van der Waals surface area (Å²) in [5.41, 5.74) is 0.647. The fourth-order valence-corrected chi connectivity index (χ4v) is 1.79. The van der Waals surface area contributed by atoms with E-state index in [0.717, 1.165) is 11.8 Å². The summed E-state index contributed by atoms with van der Waals surface area (Å²) in [6.45, 7) is 4.00. The number of imidazole rings is 1. The van der Waals surface area contributed by atoms with Crippen molar-refractivity contribution >= 4 is 11.6 Å². The minimum Gasteiger partial charge on any atom is -0.333 e. The minimum absolute atomic E-state index is 0.281. The van der Waals surface area contributed by atoms with E-state index in [-0.39, 0.29) is 5.82 Å². The molecule has 0 aliphatic rings. The molecular formula is C14H16ClF3N2. The normalized spacial score (nSPS) is 10.9. The number of aryl methyl sites for hydroxylation is 1. The van der Waals surface area contributed by atoms with Crippen LogP contribution >= 0.6 is 11.6 Å². The molecule has 0 saturated carbocycles. The van der Waals surface area contributed by atoms with Crippen molar-refractivity contribution in [1.29, 1.82) is 0 Å². The first-order valence-electron chi connectivity index (χ1n) is 6.17. The summed E-state index contributed by atoms with van der Waals surface area (Å²) in [6, 6.07) is 6.95. The SMILES string of the molecule is CC.Cn1cc(C(F)(F)F)nc1-c1ccc(CCl)cc1. The van der Waals surface area contributed by atoms with Gasteiger partial charge in [-0.3, -0.25) is 0 Å². The van der Waals surface area contributed by atoms with Gasteiger partial charge in [-0.25, -0.2) is 4.98 Å². The van der Waals surface area contributed by atoms with Crippen LogP contribution in [0.1, 0.15) is 25.1 Å². The van der Waals surface area contributed by atoms with E-state index in [4.69, 9.17) is 11.6 Å². The van der Waals surface area contributed by atoms with Gasteiger partial charge < -0.3 is 4.57 Å². The molecule has 0 saturated heterocycles. The van der Waals surface area contributed by atoms with Gasteiger partial charge in [0.1, 0.15) is 5.82 Å². The van der Waals surface area contributed by atoms with E-state index in [2.05, 4.69) is 4.98 Å². The van der Waals surface area contributed by atoms with E-state index in [0.29, 0.717) is 11.4 Å². The van der Waals surface area contributed by atoms with Crippen molar-refractivity contribution in [1.82, 2.24) is 9.55 Å². The van der Waals surface area contributed by atoms with Crippen molar-refractivity contribution in [2.45, 2.75) is 25.9 Å². The lowest BCUT2D eigenvalue weighted by Crippen LogP contribution is -2.04. The summed E-state index contributed by atoms with van der Waals surface area (Å²) in [7, 11) is 1.53. The molecule has 0 spiro atoms. The summed E-state index contributed by atoms with van der Waals surface area (Å²) in [5, 5.41) is 0. The quantitative estimate of drug-likeness (QED) is 0.724. The third kappa shape index (κ3) is 3.76. The molecule has 110 valence electrons. The highest BCUT2D eigenvalue weighted by atomic mass is 35.5. The smallest absolute Gasteiger partial charge is 0.333 e. The van der Waals surface area contributed by atoms with Crippen molar-refractivity contribution in [3.05, 3.63) is 41.7 Å². The monoisotopic (exact) mass is 304 g/mol. The maximum absolute atomic E-state index is 12.5. The lowest BCUT2D eigenvalue weighted by Gasteiger charge is -2.02. The van der Waals surface area contributed by atoms with Crippen LogP contribution < -0.4 is 0 Å². The second-order valence-electron chi connectivity index (χ2n) is 3.89. The highest BCUT2D eigenvalue weighted by molar-refractivity contribution is 6.17. The first-order valence-corrected chi connectivity index (χ1v) is 6.71. The van der Waals surface area contributed by atoms with Gasteiger partial charge >= 0.3 is 6.18 Å². The fourth-order valence-electron chi connectivity index (χ4n) is 1.61.